The maximum atomic E-state index is 2.32. The van der Waals surface area contributed by atoms with Gasteiger partial charge in [0.2, 0.25) is 0 Å². The van der Waals surface area contributed by atoms with E-state index in [-0.39, 0.29) is 0 Å². The van der Waals surface area contributed by atoms with Crippen LogP contribution < -0.4 is 0 Å². The number of rotatable bonds is 2. The average Bonchev–Trinajstić information content (AvgIpc) is 2.71. The summed E-state index contributed by atoms with van der Waals surface area (Å²) < 4.78 is 0. The fourth-order valence-corrected chi connectivity index (χ4v) is 2.63. The van der Waals surface area contributed by atoms with Gasteiger partial charge < -0.3 is 0 Å². The predicted octanol–water partition coefficient (Wildman–Crippen LogP) is 5.50. The Morgan fingerprint density at radius 2 is 1.30 bits per heavy atom. The highest BCUT2D eigenvalue weighted by molar-refractivity contribution is 5.86. The molecular weight excluding hydrogens is 240 g/mol. The zero-order valence-electron chi connectivity index (χ0n) is 11.7. The van der Waals surface area contributed by atoms with Crippen LogP contribution >= 0.6 is 0 Å². The molecule has 3 rings (SSSR count). The van der Waals surface area contributed by atoms with Gasteiger partial charge in [-0.2, -0.15) is 0 Å². The zero-order valence-corrected chi connectivity index (χ0v) is 11.7. The summed E-state index contributed by atoms with van der Waals surface area (Å²) in [7, 11) is 0. The summed E-state index contributed by atoms with van der Waals surface area (Å²) in [6, 6.07) is 21.2. The summed E-state index contributed by atoms with van der Waals surface area (Å²) in [6.07, 6.45) is 7.88. The van der Waals surface area contributed by atoms with Gasteiger partial charge in [-0.05, 0) is 41.2 Å². The maximum Gasteiger partial charge on any atom is -0.0151 e. The fraction of sp³-hybridized carbons (Fsp3) is 0.100. The van der Waals surface area contributed by atoms with Gasteiger partial charge in [-0.1, -0.05) is 78.9 Å². The highest BCUT2D eigenvalue weighted by Gasteiger charge is 2.08. The summed E-state index contributed by atoms with van der Waals surface area (Å²) in [5, 5.41) is 0. The second kappa shape index (κ2) is 5.75. The van der Waals surface area contributed by atoms with Crippen LogP contribution in [0.15, 0.2) is 84.5 Å². The van der Waals surface area contributed by atoms with Crippen LogP contribution in [0, 0.1) is 0 Å². The lowest BCUT2D eigenvalue weighted by Crippen LogP contribution is -1.86. The highest BCUT2D eigenvalue weighted by Crippen LogP contribution is 2.30. The Labute approximate surface area is 120 Å². The Morgan fingerprint density at radius 1 is 0.700 bits per heavy atom. The molecule has 0 spiro atoms. The molecule has 0 aliphatic heterocycles. The van der Waals surface area contributed by atoms with E-state index in [0.29, 0.717) is 0 Å². The van der Waals surface area contributed by atoms with E-state index in [1.54, 1.807) is 0 Å². The maximum absolute atomic E-state index is 2.32. The van der Waals surface area contributed by atoms with Gasteiger partial charge in [0.05, 0.1) is 0 Å². The van der Waals surface area contributed by atoms with Crippen LogP contribution in [0.3, 0.4) is 0 Å². The zero-order chi connectivity index (χ0) is 13.8. The Bertz CT molecular complexity index is 670. The highest BCUT2D eigenvalue weighted by atomic mass is 14.1. The number of benzene rings is 2. The Balaban J connectivity index is 1.96. The Morgan fingerprint density at radius 3 is 1.95 bits per heavy atom. The van der Waals surface area contributed by atoms with Crippen molar-refractivity contribution in [3.05, 3.63) is 95.6 Å². The van der Waals surface area contributed by atoms with Crippen LogP contribution in [0.4, 0.5) is 0 Å². The predicted molar refractivity (Wildman–Crippen MR) is 87.2 cm³/mol. The van der Waals surface area contributed by atoms with Gasteiger partial charge in [-0.25, -0.2) is 0 Å². The molecule has 2 aromatic rings. The molecule has 20 heavy (non-hydrogen) atoms. The summed E-state index contributed by atoms with van der Waals surface area (Å²) in [4.78, 5) is 0. The van der Waals surface area contributed by atoms with Gasteiger partial charge in [0, 0.05) is 0 Å². The summed E-state index contributed by atoms with van der Waals surface area (Å²) in [5.41, 5.74) is 6.56. The van der Waals surface area contributed by atoms with E-state index in [9.17, 15) is 0 Å². The van der Waals surface area contributed by atoms with Crippen molar-refractivity contribution in [3.8, 4) is 0 Å². The lowest BCUT2D eigenvalue weighted by Gasteiger charge is -2.08. The molecule has 2 aromatic carbocycles. The monoisotopic (exact) mass is 258 g/mol. The van der Waals surface area contributed by atoms with Gasteiger partial charge in [0.25, 0.3) is 0 Å². The smallest absolute Gasteiger partial charge is 0.0151 e. The molecule has 98 valence electrons. The SMILES string of the molecule is CC1=CC(c2ccccc2)=CCC=C1c1ccccc1. The van der Waals surface area contributed by atoms with Crippen LogP contribution in [0.5, 0.6) is 0 Å². The van der Waals surface area contributed by atoms with Gasteiger partial charge in [0.15, 0.2) is 0 Å². The number of allylic oxidation sites excluding steroid dienone is 6. The molecule has 0 radical (unpaired) electrons. The Hall–Kier alpha value is -2.34. The first-order valence-electron chi connectivity index (χ1n) is 7.04. The van der Waals surface area contributed by atoms with Crippen molar-refractivity contribution in [3.63, 3.8) is 0 Å². The molecule has 1 aliphatic carbocycles. The van der Waals surface area contributed by atoms with E-state index in [0.717, 1.165) is 6.42 Å². The summed E-state index contributed by atoms with van der Waals surface area (Å²) in [6.45, 7) is 2.20. The molecule has 0 saturated heterocycles. The molecule has 1 aliphatic rings. The van der Waals surface area contributed by atoms with Crippen molar-refractivity contribution in [2.75, 3.05) is 0 Å². The van der Waals surface area contributed by atoms with Gasteiger partial charge >= 0.3 is 0 Å². The van der Waals surface area contributed by atoms with E-state index in [2.05, 4.69) is 85.8 Å². The van der Waals surface area contributed by atoms with E-state index in [4.69, 9.17) is 0 Å². The van der Waals surface area contributed by atoms with Crippen molar-refractivity contribution in [1.29, 1.82) is 0 Å². The van der Waals surface area contributed by atoms with Crippen LogP contribution in [0.25, 0.3) is 11.1 Å². The average molecular weight is 258 g/mol. The number of hydrogen-bond donors (Lipinski definition) is 0. The fourth-order valence-electron chi connectivity index (χ4n) is 2.63. The molecule has 0 saturated carbocycles. The minimum absolute atomic E-state index is 0.974. The quantitative estimate of drug-likeness (QED) is 0.667. The number of hydrogen-bond acceptors (Lipinski definition) is 0. The first-order chi connectivity index (χ1) is 9.84. The van der Waals surface area contributed by atoms with Crippen LogP contribution in [0.1, 0.15) is 24.5 Å². The molecule has 0 aromatic heterocycles. The van der Waals surface area contributed by atoms with Crippen molar-refractivity contribution < 1.29 is 0 Å². The van der Waals surface area contributed by atoms with Crippen molar-refractivity contribution >= 4 is 11.1 Å². The molecule has 0 heteroatoms. The van der Waals surface area contributed by atoms with Crippen molar-refractivity contribution in [2.45, 2.75) is 13.3 Å². The van der Waals surface area contributed by atoms with E-state index in [1.807, 2.05) is 0 Å². The molecule has 0 unspecified atom stereocenters. The van der Waals surface area contributed by atoms with Crippen LogP contribution in [0.2, 0.25) is 0 Å². The first-order valence-corrected chi connectivity index (χ1v) is 7.04. The van der Waals surface area contributed by atoms with Crippen molar-refractivity contribution in [2.24, 2.45) is 0 Å². The van der Waals surface area contributed by atoms with Gasteiger partial charge in [-0.15, -0.1) is 0 Å². The topological polar surface area (TPSA) is 0 Å². The van der Waals surface area contributed by atoms with E-state index in [1.165, 1.54) is 27.8 Å². The molecular formula is C20H18. The van der Waals surface area contributed by atoms with E-state index >= 15 is 0 Å². The third kappa shape index (κ3) is 2.65. The second-order valence-electron chi connectivity index (χ2n) is 5.07. The third-order valence-corrected chi connectivity index (χ3v) is 3.65. The minimum Gasteiger partial charge on any atom is -0.0728 e. The van der Waals surface area contributed by atoms with E-state index < -0.39 is 0 Å². The molecule has 0 bridgehead atoms. The summed E-state index contributed by atoms with van der Waals surface area (Å²) >= 11 is 0. The Kier molecular flexibility index (Phi) is 3.64. The van der Waals surface area contributed by atoms with Gasteiger partial charge in [-0.3, -0.25) is 0 Å². The van der Waals surface area contributed by atoms with Crippen LogP contribution in [-0.4, -0.2) is 0 Å². The normalized spacial score (nSPS) is 14.9. The third-order valence-electron chi connectivity index (χ3n) is 3.65. The lowest BCUT2D eigenvalue weighted by molar-refractivity contribution is 1.39. The molecule has 0 heterocycles. The second-order valence-corrected chi connectivity index (χ2v) is 5.07. The lowest BCUT2D eigenvalue weighted by atomic mass is 9.97. The minimum atomic E-state index is 0.974. The standard InChI is InChI=1S/C20H18/c1-16-15-19(17-9-4-2-5-10-17)13-8-14-20(16)18-11-6-3-7-12-18/h2-7,9-15H,8H2,1H3. The molecule has 0 atom stereocenters. The van der Waals surface area contributed by atoms with Gasteiger partial charge in [0.1, 0.15) is 0 Å². The largest absolute Gasteiger partial charge is 0.0728 e. The van der Waals surface area contributed by atoms with Crippen molar-refractivity contribution in [1.82, 2.24) is 0 Å². The molecule has 0 amide bonds. The summed E-state index contributed by atoms with van der Waals surface area (Å²) in [5.74, 6) is 0. The molecule has 0 N–H and O–H groups in total. The first kappa shape index (κ1) is 12.7. The molecule has 0 fully saturated rings. The molecule has 0 nitrogen and oxygen atoms in total. The van der Waals surface area contributed by atoms with Crippen LogP contribution in [-0.2, 0) is 0 Å².